The summed E-state index contributed by atoms with van der Waals surface area (Å²) in [6.45, 7) is 5.45. The maximum absolute atomic E-state index is 12.2. The third-order valence-electron chi connectivity index (χ3n) is 3.56. The number of hydrogen-bond donors (Lipinski definition) is 3. The molecular formula is C17H17NO4. The molecule has 0 aliphatic heterocycles. The topological polar surface area (TPSA) is 86.6 Å². The number of rotatable bonds is 3. The summed E-state index contributed by atoms with van der Waals surface area (Å²) in [4.78, 5) is 23.3. The molecule has 1 amide bonds. The fraction of sp³-hybridized carbons (Fsp3) is 0.176. The molecule has 0 radical (unpaired) electrons. The van der Waals surface area contributed by atoms with E-state index in [-0.39, 0.29) is 17.2 Å². The number of phenols is 1. The second kappa shape index (κ2) is 5.89. The average molecular weight is 299 g/mol. The second-order valence-electron chi connectivity index (χ2n) is 5.25. The molecule has 0 bridgehead atoms. The minimum Gasteiger partial charge on any atom is -0.507 e. The zero-order valence-corrected chi connectivity index (χ0v) is 12.6. The number of aromatic carboxylic acids is 1. The van der Waals surface area contributed by atoms with Crippen molar-refractivity contribution in [2.24, 2.45) is 0 Å². The molecule has 0 saturated carbocycles. The Balaban J connectivity index is 2.32. The summed E-state index contributed by atoms with van der Waals surface area (Å²) in [7, 11) is 0. The Hall–Kier alpha value is -2.82. The van der Waals surface area contributed by atoms with Crippen LogP contribution in [0, 0.1) is 20.8 Å². The highest BCUT2D eigenvalue weighted by Crippen LogP contribution is 2.27. The van der Waals surface area contributed by atoms with Crippen LogP contribution in [0.4, 0.5) is 5.69 Å². The first-order valence-electron chi connectivity index (χ1n) is 6.75. The molecule has 114 valence electrons. The molecule has 3 N–H and O–H groups in total. The molecule has 2 aromatic rings. The van der Waals surface area contributed by atoms with Crippen LogP contribution in [-0.4, -0.2) is 22.1 Å². The largest absolute Gasteiger partial charge is 0.507 e. The van der Waals surface area contributed by atoms with E-state index in [0.29, 0.717) is 16.8 Å². The van der Waals surface area contributed by atoms with Crippen LogP contribution in [0.1, 0.15) is 37.4 Å². The molecule has 2 rings (SSSR count). The molecule has 0 aromatic heterocycles. The minimum absolute atomic E-state index is 0.240. The molecule has 5 heteroatoms. The Kier molecular flexibility index (Phi) is 4.17. The van der Waals surface area contributed by atoms with E-state index >= 15 is 0 Å². The van der Waals surface area contributed by atoms with Crippen molar-refractivity contribution >= 4 is 17.6 Å². The number of aryl methyl sites for hydroxylation is 3. The highest BCUT2D eigenvalue weighted by atomic mass is 16.4. The third kappa shape index (κ3) is 3.09. The van der Waals surface area contributed by atoms with E-state index < -0.39 is 5.97 Å². The fourth-order valence-electron chi connectivity index (χ4n) is 2.10. The minimum atomic E-state index is -1.25. The van der Waals surface area contributed by atoms with Gasteiger partial charge in [0.15, 0.2) is 0 Å². The second-order valence-corrected chi connectivity index (χ2v) is 5.25. The van der Waals surface area contributed by atoms with Crippen LogP contribution in [-0.2, 0) is 0 Å². The van der Waals surface area contributed by atoms with Crippen LogP contribution in [0.25, 0.3) is 0 Å². The standard InChI is InChI=1S/C17H17NO4/c1-9-4-5-12(6-10(9)2)16(20)18-13-7-11(3)15(19)14(8-13)17(21)22/h4-8,19H,1-3H3,(H,18,20)(H,21,22). The van der Waals surface area contributed by atoms with Gasteiger partial charge in [0.1, 0.15) is 11.3 Å². The molecule has 0 aliphatic carbocycles. The van der Waals surface area contributed by atoms with E-state index in [2.05, 4.69) is 5.32 Å². The Bertz CT molecular complexity index is 765. The Labute approximate surface area is 128 Å². The number of hydrogen-bond acceptors (Lipinski definition) is 3. The summed E-state index contributed by atoms with van der Waals surface area (Å²) in [6, 6.07) is 8.11. The van der Waals surface area contributed by atoms with Crippen LogP contribution in [0.2, 0.25) is 0 Å². The maximum Gasteiger partial charge on any atom is 0.339 e. The van der Waals surface area contributed by atoms with E-state index in [0.717, 1.165) is 11.1 Å². The lowest BCUT2D eigenvalue weighted by Crippen LogP contribution is -2.13. The van der Waals surface area contributed by atoms with Gasteiger partial charge in [-0.05, 0) is 61.7 Å². The summed E-state index contributed by atoms with van der Waals surface area (Å²) in [6.07, 6.45) is 0. The molecular weight excluding hydrogens is 282 g/mol. The van der Waals surface area contributed by atoms with E-state index in [1.165, 1.54) is 12.1 Å². The van der Waals surface area contributed by atoms with Crippen molar-refractivity contribution in [3.8, 4) is 5.75 Å². The van der Waals surface area contributed by atoms with Gasteiger partial charge >= 0.3 is 5.97 Å². The zero-order valence-electron chi connectivity index (χ0n) is 12.6. The molecule has 0 fully saturated rings. The number of nitrogens with one attached hydrogen (secondary N) is 1. The number of aromatic hydroxyl groups is 1. The first-order chi connectivity index (χ1) is 10.3. The summed E-state index contributed by atoms with van der Waals surface area (Å²) >= 11 is 0. The van der Waals surface area contributed by atoms with Crippen molar-refractivity contribution in [2.45, 2.75) is 20.8 Å². The number of carbonyl (C=O) groups is 2. The highest BCUT2D eigenvalue weighted by molar-refractivity contribution is 6.05. The molecule has 0 atom stereocenters. The lowest BCUT2D eigenvalue weighted by molar-refractivity contribution is 0.0693. The fourth-order valence-corrected chi connectivity index (χ4v) is 2.10. The van der Waals surface area contributed by atoms with Gasteiger partial charge in [-0.3, -0.25) is 4.79 Å². The van der Waals surface area contributed by atoms with E-state index in [1.54, 1.807) is 19.1 Å². The van der Waals surface area contributed by atoms with Crippen molar-refractivity contribution in [3.63, 3.8) is 0 Å². The summed E-state index contributed by atoms with van der Waals surface area (Å²) < 4.78 is 0. The molecule has 0 spiro atoms. The normalized spacial score (nSPS) is 10.3. The SMILES string of the molecule is Cc1ccc(C(=O)Nc2cc(C)c(O)c(C(=O)O)c2)cc1C. The van der Waals surface area contributed by atoms with Crippen molar-refractivity contribution in [2.75, 3.05) is 5.32 Å². The molecule has 0 heterocycles. The third-order valence-corrected chi connectivity index (χ3v) is 3.56. The molecule has 0 saturated heterocycles. The number of benzene rings is 2. The van der Waals surface area contributed by atoms with Gasteiger partial charge in [-0.2, -0.15) is 0 Å². The number of amides is 1. The number of carboxylic acids is 1. The Morgan fingerprint density at radius 1 is 0.955 bits per heavy atom. The predicted molar refractivity (Wildman–Crippen MR) is 83.7 cm³/mol. The Morgan fingerprint density at radius 2 is 1.64 bits per heavy atom. The van der Waals surface area contributed by atoms with Gasteiger partial charge in [0.05, 0.1) is 0 Å². The number of carbonyl (C=O) groups excluding carboxylic acids is 1. The van der Waals surface area contributed by atoms with Crippen molar-refractivity contribution in [3.05, 3.63) is 58.1 Å². The van der Waals surface area contributed by atoms with Crippen LogP contribution in [0.5, 0.6) is 5.75 Å². The molecule has 0 unspecified atom stereocenters. The summed E-state index contributed by atoms with van der Waals surface area (Å²) in [5.74, 6) is -1.87. The lowest BCUT2D eigenvalue weighted by atomic mass is 10.1. The van der Waals surface area contributed by atoms with E-state index in [4.69, 9.17) is 5.11 Å². The van der Waals surface area contributed by atoms with Gasteiger partial charge < -0.3 is 15.5 Å². The highest BCUT2D eigenvalue weighted by Gasteiger charge is 2.15. The van der Waals surface area contributed by atoms with Crippen LogP contribution < -0.4 is 5.32 Å². The van der Waals surface area contributed by atoms with Crippen LogP contribution >= 0.6 is 0 Å². The predicted octanol–water partition coefficient (Wildman–Crippen LogP) is 3.27. The number of carboxylic acid groups (broad SMARTS) is 1. The molecule has 5 nitrogen and oxygen atoms in total. The maximum atomic E-state index is 12.2. The van der Waals surface area contributed by atoms with Gasteiger partial charge in [0, 0.05) is 11.3 Å². The van der Waals surface area contributed by atoms with Gasteiger partial charge in [0.2, 0.25) is 0 Å². The molecule has 0 aliphatic rings. The van der Waals surface area contributed by atoms with E-state index in [1.807, 2.05) is 19.9 Å². The van der Waals surface area contributed by atoms with Gasteiger partial charge in [-0.25, -0.2) is 4.79 Å². The van der Waals surface area contributed by atoms with E-state index in [9.17, 15) is 14.7 Å². The van der Waals surface area contributed by atoms with Crippen molar-refractivity contribution in [1.29, 1.82) is 0 Å². The molecule has 22 heavy (non-hydrogen) atoms. The average Bonchev–Trinajstić information content (AvgIpc) is 2.45. The van der Waals surface area contributed by atoms with Crippen LogP contribution in [0.15, 0.2) is 30.3 Å². The monoisotopic (exact) mass is 299 g/mol. The van der Waals surface area contributed by atoms with Crippen molar-refractivity contribution in [1.82, 2.24) is 0 Å². The smallest absolute Gasteiger partial charge is 0.339 e. The summed E-state index contributed by atoms with van der Waals surface area (Å²) in [5, 5.41) is 21.4. The number of anilines is 1. The quantitative estimate of drug-likeness (QED) is 0.759. The Morgan fingerprint density at radius 3 is 2.23 bits per heavy atom. The van der Waals surface area contributed by atoms with Crippen molar-refractivity contribution < 1.29 is 19.8 Å². The van der Waals surface area contributed by atoms with Crippen LogP contribution in [0.3, 0.4) is 0 Å². The molecule has 2 aromatic carbocycles. The zero-order chi connectivity index (χ0) is 16.4. The van der Waals surface area contributed by atoms with Gasteiger partial charge in [-0.1, -0.05) is 6.07 Å². The first kappa shape index (κ1) is 15.6. The lowest BCUT2D eigenvalue weighted by Gasteiger charge is -2.10. The summed E-state index contributed by atoms with van der Waals surface area (Å²) in [5.41, 5.74) is 3.05. The first-order valence-corrected chi connectivity index (χ1v) is 6.75. The van der Waals surface area contributed by atoms with Gasteiger partial charge in [0.25, 0.3) is 5.91 Å². The van der Waals surface area contributed by atoms with Gasteiger partial charge in [-0.15, -0.1) is 0 Å².